The first kappa shape index (κ1) is 19.9. The van der Waals surface area contributed by atoms with Crippen LogP contribution in [0.1, 0.15) is 40.0 Å². The summed E-state index contributed by atoms with van der Waals surface area (Å²) in [6, 6.07) is 7.95. The first-order chi connectivity index (χ1) is 11.8. The van der Waals surface area contributed by atoms with Crippen molar-refractivity contribution in [3.8, 4) is 5.75 Å². The number of carbonyl (C=O) groups is 1. The molecule has 6 heteroatoms. The van der Waals surface area contributed by atoms with Gasteiger partial charge >= 0.3 is 6.09 Å². The lowest BCUT2D eigenvalue weighted by molar-refractivity contribution is 0.0198. The number of nitrogens with one attached hydrogen (secondary N) is 1. The van der Waals surface area contributed by atoms with Crippen molar-refractivity contribution >= 4 is 17.7 Å². The van der Waals surface area contributed by atoms with Gasteiger partial charge in [0.25, 0.3) is 0 Å². The van der Waals surface area contributed by atoms with E-state index >= 15 is 0 Å². The van der Waals surface area contributed by atoms with Gasteiger partial charge in [0.15, 0.2) is 0 Å². The number of ether oxygens (including phenoxy) is 2. The maximum Gasteiger partial charge on any atom is 0.410 e. The number of halogens is 1. The summed E-state index contributed by atoms with van der Waals surface area (Å²) >= 11 is 6.05. The summed E-state index contributed by atoms with van der Waals surface area (Å²) in [6.07, 6.45) is 2.60. The van der Waals surface area contributed by atoms with E-state index in [2.05, 4.69) is 5.32 Å². The van der Waals surface area contributed by atoms with Gasteiger partial charge in [-0.3, -0.25) is 0 Å². The fourth-order valence-electron chi connectivity index (χ4n) is 2.71. The van der Waals surface area contributed by atoms with E-state index < -0.39 is 5.60 Å². The van der Waals surface area contributed by atoms with Gasteiger partial charge in [-0.05, 0) is 58.7 Å². The molecule has 1 aromatic rings. The first-order valence-electron chi connectivity index (χ1n) is 8.94. The first-order valence-corrected chi connectivity index (χ1v) is 9.31. The lowest BCUT2D eigenvalue weighted by Crippen LogP contribution is -2.46. The number of carbonyl (C=O) groups excluding carboxylic acids is 1. The molecule has 1 aliphatic rings. The van der Waals surface area contributed by atoms with Gasteiger partial charge < -0.3 is 19.7 Å². The summed E-state index contributed by atoms with van der Waals surface area (Å²) in [5, 5.41) is 4.18. The van der Waals surface area contributed by atoms with Crippen molar-refractivity contribution < 1.29 is 14.3 Å². The zero-order chi connectivity index (χ0) is 18.3. The number of likely N-dealkylation sites (tertiary alicyclic amines) is 1. The normalized spacial score (nSPS) is 15.9. The Hall–Kier alpha value is -1.46. The van der Waals surface area contributed by atoms with Crippen molar-refractivity contribution in [3.05, 3.63) is 29.3 Å². The molecular weight excluding hydrogens is 340 g/mol. The van der Waals surface area contributed by atoms with Crippen LogP contribution >= 0.6 is 11.6 Å². The maximum absolute atomic E-state index is 12.0. The number of benzene rings is 1. The molecule has 1 heterocycles. The van der Waals surface area contributed by atoms with E-state index in [1.165, 1.54) is 0 Å². The van der Waals surface area contributed by atoms with Gasteiger partial charge in [0.05, 0.1) is 11.6 Å². The third-order valence-corrected chi connectivity index (χ3v) is 4.31. The summed E-state index contributed by atoms with van der Waals surface area (Å²) in [5.41, 5.74) is -0.437. The number of amides is 1. The molecule has 0 aliphatic carbocycles. The average Bonchev–Trinajstić information content (AvgIpc) is 2.55. The van der Waals surface area contributed by atoms with Crippen LogP contribution in [0.15, 0.2) is 24.3 Å². The van der Waals surface area contributed by atoms with Crippen molar-refractivity contribution in [1.82, 2.24) is 10.2 Å². The second kappa shape index (κ2) is 9.30. The zero-order valence-corrected chi connectivity index (χ0v) is 16.1. The molecule has 0 atom stereocenters. The molecule has 1 fully saturated rings. The van der Waals surface area contributed by atoms with Gasteiger partial charge in [-0.15, -0.1) is 0 Å². The van der Waals surface area contributed by atoms with Crippen LogP contribution in [0.2, 0.25) is 5.02 Å². The third kappa shape index (κ3) is 7.12. The molecule has 1 amide bonds. The second-order valence-electron chi connectivity index (χ2n) is 7.33. The summed E-state index contributed by atoms with van der Waals surface area (Å²) in [4.78, 5) is 13.8. The molecule has 25 heavy (non-hydrogen) atoms. The lowest BCUT2D eigenvalue weighted by atomic mass is 10.1. The number of piperidine rings is 1. The molecule has 0 bridgehead atoms. The minimum atomic E-state index is -0.437. The summed E-state index contributed by atoms with van der Waals surface area (Å²) < 4.78 is 11.1. The Balaban J connectivity index is 1.58. The van der Waals surface area contributed by atoms with Crippen LogP contribution in [0.25, 0.3) is 0 Å². The Morgan fingerprint density at radius 2 is 1.96 bits per heavy atom. The molecule has 0 spiro atoms. The fourth-order valence-corrected chi connectivity index (χ4v) is 2.91. The van der Waals surface area contributed by atoms with Crippen LogP contribution < -0.4 is 10.1 Å². The predicted molar refractivity (Wildman–Crippen MR) is 100 cm³/mol. The molecule has 1 aliphatic heterocycles. The van der Waals surface area contributed by atoms with Crippen LogP contribution in [-0.2, 0) is 4.74 Å². The molecule has 5 nitrogen and oxygen atoms in total. The molecule has 140 valence electrons. The maximum atomic E-state index is 12.0. The van der Waals surface area contributed by atoms with E-state index in [0.29, 0.717) is 17.7 Å². The van der Waals surface area contributed by atoms with E-state index in [1.807, 2.05) is 45.0 Å². The minimum absolute atomic E-state index is 0.209. The third-order valence-electron chi connectivity index (χ3n) is 3.99. The molecule has 2 rings (SSSR count). The SMILES string of the molecule is CC(C)(C)OC(=O)N1CCC(NCCCOc2ccccc2Cl)CC1. The number of nitrogens with zero attached hydrogens (tertiary/aromatic N) is 1. The topological polar surface area (TPSA) is 50.8 Å². The number of hydrogen-bond acceptors (Lipinski definition) is 4. The predicted octanol–water partition coefficient (Wildman–Crippen LogP) is 4.10. The minimum Gasteiger partial charge on any atom is -0.492 e. The molecule has 0 unspecified atom stereocenters. The highest BCUT2D eigenvalue weighted by molar-refractivity contribution is 6.32. The molecule has 0 radical (unpaired) electrons. The largest absolute Gasteiger partial charge is 0.492 e. The van der Waals surface area contributed by atoms with Gasteiger partial charge in [0.2, 0.25) is 0 Å². The van der Waals surface area contributed by atoms with Crippen molar-refractivity contribution in [2.24, 2.45) is 0 Å². The average molecular weight is 369 g/mol. The Morgan fingerprint density at radius 3 is 2.60 bits per heavy atom. The Bertz CT molecular complexity index is 552. The Kier molecular flexibility index (Phi) is 7.38. The molecule has 0 saturated carbocycles. The van der Waals surface area contributed by atoms with Gasteiger partial charge in [0, 0.05) is 19.1 Å². The Morgan fingerprint density at radius 1 is 1.28 bits per heavy atom. The van der Waals surface area contributed by atoms with Crippen molar-refractivity contribution in [2.75, 3.05) is 26.2 Å². The van der Waals surface area contributed by atoms with Crippen LogP contribution in [0.3, 0.4) is 0 Å². The molecule has 0 aromatic heterocycles. The van der Waals surface area contributed by atoms with Gasteiger partial charge in [0.1, 0.15) is 11.4 Å². The summed E-state index contributed by atoms with van der Waals surface area (Å²) in [5.74, 6) is 0.731. The highest BCUT2D eigenvalue weighted by Crippen LogP contribution is 2.23. The van der Waals surface area contributed by atoms with Crippen molar-refractivity contribution in [2.45, 2.75) is 51.7 Å². The summed E-state index contributed by atoms with van der Waals surface area (Å²) in [7, 11) is 0. The van der Waals surface area contributed by atoms with Crippen LogP contribution in [0, 0.1) is 0 Å². The second-order valence-corrected chi connectivity index (χ2v) is 7.74. The quantitative estimate of drug-likeness (QED) is 0.768. The lowest BCUT2D eigenvalue weighted by Gasteiger charge is -2.33. The zero-order valence-electron chi connectivity index (χ0n) is 15.4. The number of hydrogen-bond donors (Lipinski definition) is 1. The smallest absolute Gasteiger partial charge is 0.410 e. The number of para-hydroxylation sites is 1. The summed E-state index contributed by atoms with van der Waals surface area (Å²) in [6.45, 7) is 8.68. The highest BCUT2D eigenvalue weighted by atomic mass is 35.5. The van der Waals surface area contributed by atoms with Crippen LogP contribution in [0.5, 0.6) is 5.75 Å². The monoisotopic (exact) mass is 368 g/mol. The van der Waals surface area contributed by atoms with E-state index in [1.54, 1.807) is 4.90 Å². The Labute approximate surface area is 155 Å². The van der Waals surface area contributed by atoms with Crippen molar-refractivity contribution in [1.29, 1.82) is 0 Å². The molecule has 1 N–H and O–H groups in total. The molecule has 1 aromatic carbocycles. The molecule has 1 saturated heterocycles. The van der Waals surface area contributed by atoms with Crippen LogP contribution in [-0.4, -0.2) is 48.9 Å². The van der Waals surface area contributed by atoms with E-state index in [0.717, 1.165) is 44.6 Å². The fraction of sp³-hybridized carbons (Fsp3) is 0.632. The van der Waals surface area contributed by atoms with Crippen LogP contribution in [0.4, 0.5) is 4.79 Å². The number of rotatable bonds is 6. The molecular formula is C19H29ClN2O3. The van der Waals surface area contributed by atoms with Gasteiger partial charge in [-0.1, -0.05) is 23.7 Å². The van der Waals surface area contributed by atoms with E-state index in [-0.39, 0.29) is 6.09 Å². The highest BCUT2D eigenvalue weighted by Gasteiger charge is 2.26. The van der Waals surface area contributed by atoms with E-state index in [4.69, 9.17) is 21.1 Å². The standard InChI is InChI=1S/C19H29ClN2O3/c1-19(2,3)25-18(23)22-12-9-15(10-13-22)21-11-6-14-24-17-8-5-4-7-16(17)20/h4-5,7-8,15,21H,6,9-14H2,1-3H3. The van der Waals surface area contributed by atoms with Gasteiger partial charge in [-0.2, -0.15) is 0 Å². The van der Waals surface area contributed by atoms with Gasteiger partial charge in [-0.25, -0.2) is 4.79 Å². The van der Waals surface area contributed by atoms with Crippen molar-refractivity contribution in [3.63, 3.8) is 0 Å². The van der Waals surface area contributed by atoms with E-state index in [9.17, 15) is 4.79 Å².